The number of urea groups is 1. The van der Waals surface area contributed by atoms with Crippen LogP contribution in [0.2, 0.25) is 0 Å². The van der Waals surface area contributed by atoms with E-state index in [9.17, 15) is 9.59 Å². The summed E-state index contributed by atoms with van der Waals surface area (Å²) in [5.41, 5.74) is 2.62. The molecule has 3 N–H and O–H groups in total. The third kappa shape index (κ3) is 4.94. The van der Waals surface area contributed by atoms with Gasteiger partial charge >= 0.3 is 6.03 Å². The summed E-state index contributed by atoms with van der Waals surface area (Å²) in [4.78, 5) is 23.1. The van der Waals surface area contributed by atoms with Crippen molar-refractivity contribution in [2.75, 3.05) is 12.4 Å². The molecule has 2 aromatic rings. The monoisotopic (exact) mass is 297 g/mol. The molecule has 0 fully saturated rings. The average Bonchev–Trinajstić information content (AvgIpc) is 2.55. The molecule has 0 aromatic heterocycles. The summed E-state index contributed by atoms with van der Waals surface area (Å²) < 4.78 is 0. The predicted octanol–water partition coefficient (Wildman–Crippen LogP) is 2.30. The highest BCUT2D eigenvalue weighted by Gasteiger charge is 2.03. The fourth-order valence-corrected chi connectivity index (χ4v) is 1.93. The average molecular weight is 297 g/mol. The number of likely N-dealkylation sites (N-methyl/N-ethyl adjacent to an activating group) is 1. The lowest BCUT2D eigenvalue weighted by molar-refractivity contribution is -0.119. The molecule has 2 aromatic carbocycles. The van der Waals surface area contributed by atoms with Crippen LogP contribution in [0.3, 0.4) is 0 Å². The van der Waals surface area contributed by atoms with Gasteiger partial charge < -0.3 is 16.0 Å². The van der Waals surface area contributed by atoms with Gasteiger partial charge in [-0.2, -0.15) is 0 Å². The van der Waals surface area contributed by atoms with Crippen molar-refractivity contribution >= 4 is 17.6 Å². The van der Waals surface area contributed by atoms with Crippen molar-refractivity contribution in [3.05, 3.63) is 65.7 Å². The van der Waals surface area contributed by atoms with Gasteiger partial charge in [-0.15, -0.1) is 0 Å². The molecule has 3 amide bonds. The van der Waals surface area contributed by atoms with Crippen LogP contribution in [0.15, 0.2) is 54.6 Å². The second kappa shape index (κ2) is 7.83. The van der Waals surface area contributed by atoms with Crippen molar-refractivity contribution < 1.29 is 9.59 Å². The maximum atomic E-state index is 11.8. The fraction of sp³-hybridized carbons (Fsp3) is 0.176. The molecule has 2 rings (SSSR count). The molecule has 0 saturated carbocycles. The lowest BCUT2D eigenvalue weighted by atomic mass is 10.1. The number of carbonyl (C=O) groups excluding carboxylic acids is 2. The minimum Gasteiger partial charge on any atom is -0.359 e. The van der Waals surface area contributed by atoms with Gasteiger partial charge in [-0.05, 0) is 23.3 Å². The number of carbonyl (C=O) groups is 2. The van der Waals surface area contributed by atoms with Gasteiger partial charge in [-0.1, -0.05) is 42.5 Å². The van der Waals surface area contributed by atoms with E-state index in [1.165, 1.54) is 0 Å². The van der Waals surface area contributed by atoms with Gasteiger partial charge in [0.15, 0.2) is 0 Å². The minimum absolute atomic E-state index is 0.0405. The highest BCUT2D eigenvalue weighted by atomic mass is 16.2. The van der Waals surface area contributed by atoms with Crippen LogP contribution in [-0.2, 0) is 17.8 Å². The molecule has 5 nitrogen and oxygen atoms in total. The second-order valence-electron chi connectivity index (χ2n) is 4.84. The highest BCUT2D eigenvalue weighted by Crippen LogP contribution is 2.10. The summed E-state index contributed by atoms with van der Waals surface area (Å²) in [6.45, 7) is 0.474. The Morgan fingerprint density at radius 1 is 0.909 bits per heavy atom. The molecule has 0 aliphatic heterocycles. The Morgan fingerprint density at radius 3 is 2.23 bits per heavy atom. The summed E-state index contributed by atoms with van der Waals surface area (Å²) in [6.07, 6.45) is 0.330. The Hall–Kier alpha value is -2.82. The lowest BCUT2D eigenvalue weighted by Gasteiger charge is -2.08. The van der Waals surface area contributed by atoms with E-state index in [1.54, 1.807) is 19.2 Å². The Morgan fingerprint density at radius 2 is 1.59 bits per heavy atom. The SMILES string of the molecule is CNC(=O)Cc1ccc(NC(=O)NCc2ccccc2)cc1. The van der Waals surface area contributed by atoms with Gasteiger partial charge in [0.25, 0.3) is 0 Å². The fourth-order valence-electron chi connectivity index (χ4n) is 1.93. The zero-order valence-electron chi connectivity index (χ0n) is 12.4. The largest absolute Gasteiger partial charge is 0.359 e. The van der Waals surface area contributed by atoms with Crippen molar-refractivity contribution in [3.8, 4) is 0 Å². The van der Waals surface area contributed by atoms with Crippen molar-refractivity contribution in [2.24, 2.45) is 0 Å². The lowest BCUT2D eigenvalue weighted by Crippen LogP contribution is -2.28. The second-order valence-corrected chi connectivity index (χ2v) is 4.84. The third-order valence-corrected chi connectivity index (χ3v) is 3.15. The Balaban J connectivity index is 1.82. The van der Waals surface area contributed by atoms with E-state index in [2.05, 4.69) is 16.0 Å². The molecule has 114 valence electrons. The van der Waals surface area contributed by atoms with Crippen LogP contribution in [0.1, 0.15) is 11.1 Å². The molecule has 0 aliphatic rings. The van der Waals surface area contributed by atoms with Crippen LogP contribution in [0, 0.1) is 0 Å². The van der Waals surface area contributed by atoms with Crippen molar-refractivity contribution in [1.82, 2.24) is 10.6 Å². The number of rotatable bonds is 5. The van der Waals surface area contributed by atoms with E-state index in [-0.39, 0.29) is 11.9 Å². The van der Waals surface area contributed by atoms with Gasteiger partial charge in [0, 0.05) is 19.3 Å². The number of amides is 3. The zero-order valence-corrected chi connectivity index (χ0v) is 12.4. The first-order valence-corrected chi connectivity index (χ1v) is 7.05. The molecule has 5 heteroatoms. The molecule has 0 spiro atoms. The first-order valence-electron chi connectivity index (χ1n) is 7.05. The molecular formula is C17H19N3O2. The Labute approximate surface area is 129 Å². The molecule has 0 aliphatic carbocycles. The van der Waals surface area contributed by atoms with E-state index < -0.39 is 0 Å². The first-order chi connectivity index (χ1) is 10.7. The summed E-state index contributed by atoms with van der Waals surface area (Å²) in [6, 6.07) is 16.6. The Kier molecular flexibility index (Phi) is 5.54. The molecule has 0 atom stereocenters. The zero-order chi connectivity index (χ0) is 15.8. The van der Waals surface area contributed by atoms with Gasteiger partial charge in [0.1, 0.15) is 0 Å². The predicted molar refractivity (Wildman–Crippen MR) is 86.5 cm³/mol. The molecule has 22 heavy (non-hydrogen) atoms. The maximum Gasteiger partial charge on any atom is 0.319 e. The van der Waals surface area contributed by atoms with Gasteiger partial charge in [0.05, 0.1) is 6.42 Å². The number of nitrogens with one attached hydrogen (secondary N) is 3. The summed E-state index contributed by atoms with van der Waals surface area (Å²) in [5, 5.41) is 8.12. The number of benzene rings is 2. The van der Waals surface area contributed by atoms with E-state index >= 15 is 0 Å². The van der Waals surface area contributed by atoms with E-state index in [1.807, 2.05) is 42.5 Å². The molecule has 0 bridgehead atoms. The topological polar surface area (TPSA) is 70.2 Å². The van der Waals surface area contributed by atoms with E-state index in [4.69, 9.17) is 0 Å². The summed E-state index contributed by atoms with van der Waals surface area (Å²) in [7, 11) is 1.61. The number of hydrogen-bond donors (Lipinski definition) is 3. The van der Waals surface area contributed by atoms with E-state index in [0.717, 1.165) is 11.1 Å². The van der Waals surface area contributed by atoms with Crippen LogP contribution in [0.5, 0.6) is 0 Å². The Bertz CT molecular complexity index is 624. The summed E-state index contributed by atoms with van der Waals surface area (Å²) in [5.74, 6) is -0.0405. The smallest absolute Gasteiger partial charge is 0.319 e. The quantitative estimate of drug-likeness (QED) is 0.792. The third-order valence-electron chi connectivity index (χ3n) is 3.15. The van der Waals surface area contributed by atoms with Gasteiger partial charge in [-0.25, -0.2) is 4.79 Å². The van der Waals surface area contributed by atoms with Crippen LogP contribution in [0.4, 0.5) is 10.5 Å². The van der Waals surface area contributed by atoms with Crippen molar-refractivity contribution in [3.63, 3.8) is 0 Å². The first kappa shape index (κ1) is 15.6. The van der Waals surface area contributed by atoms with Crippen LogP contribution in [0.25, 0.3) is 0 Å². The molecule has 0 heterocycles. The van der Waals surface area contributed by atoms with Crippen LogP contribution < -0.4 is 16.0 Å². The normalized spacial score (nSPS) is 9.86. The summed E-state index contributed by atoms with van der Waals surface area (Å²) >= 11 is 0. The van der Waals surface area contributed by atoms with Gasteiger partial charge in [0.2, 0.25) is 5.91 Å². The van der Waals surface area contributed by atoms with E-state index in [0.29, 0.717) is 18.7 Å². The molecular weight excluding hydrogens is 278 g/mol. The molecule has 0 unspecified atom stereocenters. The standard InChI is InChI=1S/C17H19N3O2/c1-18-16(21)11-13-7-9-15(10-8-13)20-17(22)19-12-14-5-3-2-4-6-14/h2-10H,11-12H2,1H3,(H,18,21)(H2,19,20,22). The highest BCUT2D eigenvalue weighted by molar-refractivity contribution is 5.89. The van der Waals surface area contributed by atoms with Crippen LogP contribution >= 0.6 is 0 Å². The maximum absolute atomic E-state index is 11.8. The molecule has 0 saturated heterocycles. The van der Waals surface area contributed by atoms with Crippen molar-refractivity contribution in [2.45, 2.75) is 13.0 Å². The van der Waals surface area contributed by atoms with Gasteiger partial charge in [-0.3, -0.25) is 4.79 Å². The van der Waals surface area contributed by atoms with Crippen LogP contribution in [-0.4, -0.2) is 19.0 Å². The number of hydrogen-bond acceptors (Lipinski definition) is 2. The molecule has 0 radical (unpaired) electrons. The van der Waals surface area contributed by atoms with Crippen molar-refractivity contribution in [1.29, 1.82) is 0 Å². The number of anilines is 1. The minimum atomic E-state index is -0.261.